The Morgan fingerprint density at radius 2 is 1.97 bits per heavy atom. The van der Waals surface area contributed by atoms with Crippen molar-refractivity contribution in [1.82, 2.24) is 9.47 Å². The van der Waals surface area contributed by atoms with Gasteiger partial charge in [-0.2, -0.15) is 0 Å². The summed E-state index contributed by atoms with van der Waals surface area (Å²) in [5, 5.41) is 0. The number of hydrogen-bond donors (Lipinski definition) is 0. The Kier molecular flexibility index (Phi) is 5.16. The highest BCUT2D eigenvalue weighted by atomic mass is 32.2. The first kappa shape index (κ1) is 20.0. The smallest absolute Gasteiger partial charge is 0.231 e. The fraction of sp³-hybridized carbons (Fsp3) is 0.476. The van der Waals surface area contributed by atoms with E-state index >= 15 is 0 Å². The van der Waals surface area contributed by atoms with Gasteiger partial charge in [-0.05, 0) is 51.1 Å². The lowest BCUT2D eigenvalue weighted by atomic mass is 10.1. The number of aryl methyl sites for hydroxylation is 1. The van der Waals surface area contributed by atoms with Gasteiger partial charge in [0.25, 0.3) is 0 Å². The molecule has 8 heteroatoms. The number of carbonyl (C=O) groups is 1. The maximum Gasteiger partial charge on any atom is 0.231 e. The number of fused-ring (bicyclic) bond motifs is 1. The molecule has 1 saturated heterocycles. The zero-order valence-electron chi connectivity index (χ0n) is 17.0. The standard InChI is InChI=1S/C21H26N2O5S/c1-14-8-18(15(2)23(14)17-6-7-29(25,26)12-17)19(24)11-22(3)10-16-4-5-20-21(9-16)28-13-27-20/h4-5,8-9,17H,6-7,10-13H2,1-3H3. The molecule has 0 spiro atoms. The lowest BCUT2D eigenvalue weighted by molar-refractivity contribution is 0.0942. The van der Waals surface area contributed by atoms with Crippen molar-refractivity contribution in [2.45, 2.75) is 32.9 Å². The Hall–Kier alpha value is -2.32. The summed E-state index contributed by atoms with van der Waals surface area (Å²) in [6.45, 7) is 4.97. The van der Waals surface area contributed by atoms with Crippen molar-refractivity contribution in [3.8, 4) is 11.5 Å². The zero-order valence-corrected chi connectivity index (χ0v) is 17.8. The number of sulfone groups is 1. The maximum absolute atomic E-state index is 12.9. The summed E-state index contributed by atoms with van der Waals surface area (Å²) in [5.41, 5.74) is 3.51. The number of ketones is 1. The van der Waals surface area contributed by atoms with E-state index in [1.165, 1.54) is 0 Å². The number of rotatable bonds is 6. The van der Waals surface area contributed by atoms with Gasteiger partial charge < -0.3 is 14.0 Å². The van der Waals surface area contributed by atoms with Gasteiger partial charge in [0.2, 0.25) is 6.79 Å². The molecule has 2 aromatic rings. The number of Topliss-reactive ketones (excluding diaryl/α,β-unsaturated/α-hetero) is 1. The van der Waals surface area contributed by atoms with E-state index in [2.05, 4.69) is 0 Å². The highest BCUT2D eigenvalue weighted by Crippen LogP contribution is 2.33. The van der Waals surface area contributed by atoms with Gasteiger partial charge >= 0.3 is 0 Å². The van der Waals surface area contributed by atoms with E-state index < -0.39 is 9.84 Å². The number of carbonyl (C=O) groups excluding carboxylic acids is 1. The van der Waals surface area contributed by atoms with Crippen molar-refractivity contribution >= 4 is 15.6 Å². The molecule has 7 nitrogen and oxygen atoms in total. The quantitative estimate of drug-likeness (QED) is 0.671. The van der Waals surface area contributed by atoms with Gasteiger partial charge in [-0.25, -0.2) is 8.42 Å². The molecular weight excluding hydrogens is 392 g/mol. The van der Waals surface area contributed by atoms with E-state index in [4.69, 9.17) is 9.47 Å². The predicted octanol–water partition coefficient (Wildman–Crippen LogP) is 2.51. The van der Waals surface area contributed by atoms with Crippen molar-refractivity contribution in [3.05, 3.63) is 46.8 Å². The minimum Gasteiger partial charge on any atom is -0.454 e. The highest BCUT2D eigenvalue weighted by Gasteiger charge is 2.31. The number of benzene rings is 1. The minimum absolute atomic E-state index is 0.0356. The Bertz CT molecular complexity index is 1060. The first-order chi connectivity index (χ1) is 13.7. The number of ether oxygens (including phenoxy) is 2. The van der Waals surface area contributed by atoms with Crippen LogP contribution in [0.1, 0.15) is 39.8 Å². The van der Waals surface area contributed by atoms with Crippen LogP contribution < -0.4 is 9.47 Å². The number of hydrogen-bond acceptors (Lipinski definition) is 6. The third-order valence-electron chi connectivity index (χ3n) is 5.66. The van der Waals surface area contributed by atoms with Crippen LogP contribution in [-0.2, 0) is 16.4 Å². The van der Waals surface area contributed by atoms with Crippen molar-refractivity contribution in [2.75, 3.05) is 31.9 Å². The molecule has 1 aromatic carbocycles. The molecule has 2 aliphatic rings. The van der Waals surface area contributed by atoms with Crippen LogP contribution in [0.25, 0.3) is 0 Å². The molecule has 4 rings (SSSR count). The van der Waals surface area contributed by atoms with E-state index in [-0.39, 0.29) is 36.7 Å². The molecule has 0 amide bonds. The molecular formula is C21H26N2O5S. The van der Waals surface area contributed by atoms with Crippen LogP contribution in [0.3, 0.4) is 0 Å². The van der Waals surface area contributed by atoms with Crippen LogP contribution >= 0.6 is 0 Å². The first-order valence-corrected chi connectivity index (χ1v) is 11.5. The average molecular weight is 419 g/mol. The third-order valence-corrected chi connectivity index (χ3v) is 7.41. The minimum atomic E-state index is -2.98. The molecule has 0 saturated carbocycles. The molecule has 1 fully saturated rings. The Balaban J connectivity index is 1.45. The normalized spacial score (nSPS) is 19.8. The molecule has 0 radical (unpaired) electrons. The summed E-state index contributed by atoms with van der Waals surface area (Å²) in [5.74, 6) is 1.89. The summed E-state index contributed by atoms with van der Waals surface area (Å²) in [6.07, 6.45) is 0.607. The molecule has 29 heavy (non-hydrogen) atoms. The number of nitrogens with zero attached hydrogens (tertiary/aromatic N) is 2. The first-order valence-electron chi connectivity index (χ1n) is 9.72. The van der Waals surface area contributed by atoms with Crippen LogP contribution in [0.15, 0.2) is 24.3 Å². The lowest BCUT2D eigenvalue weighted by Gasteiger charge is -2.18. The SMILES string of the molecule is Cc1cc(C(=O)CN(C)Cc2ccc3c(c2)OCO3)c(C)n1C1CCS(=O)(=O)C1. The van der Waals surface area contributed by atoms with Crippen LogP contribution in [0.4, 0.5) is 0 Å². The van der Waals surface area contributed by atoms with E-state index in [1.54, 1.807) is 0 Å². The summed E-state index contributed by atoms with van der Waals surface area (Å²) in [7, 11) is -1.07. The van der Waals surface area contributed by atoms with E-state index in [9.17, 15) is 13.2 Å². The molecule has 0 N–H and O–H groups in total. The summed E-state index contributed by atoms with van der Waals surface area (Å²) in [6, 6.07) is 7.61. The second kappa shape index (κ2) is 7.50. The highest BCUT2D eigenvalue weighted by molar-refractivity contribution is 7.91. The Morgan fingerprint density at radius 3 is 2.69 bits per heavy atom. The third kappa shape index (κ3) is 4.04. The second-order valence-corrected chi connectivity index (χ2v) is 10.2. The maximum atomic E-state index is 12.9. The van der Waals surface area contributed by atoms with E-state index in [0.717, 1.165) is 28.5 Å². The molecule has 1 unspecified atom stereocenters. The van der Waals surface area contributed by atoms with Gasteiger partial charge in [-0.1, -0.05) is 6.07 Å². The summed E-state index contributed by atoms with van der Waals surface area (Å²) >= 11 is 0. The largest absolute Gasteiger partial charge is 0.454 e. The van der Waals surface area contributed by atoms with Crippen LogP contribution in [0.5, 0.6) is 11.5 Å². The Morgan fingerprint density at radius 1 is 1.21 bits per heavy atom. The Labute approximate surface area is 171 Å². The monoisotopic (exact) mass is 418 g/mol. The molecule has 2 aliphatic heterocycles. The van der Waals surface area contributed by atoms with Gasteiger partial charge in [0.15, 0.2) is 27.1 Å². The van der Waals surface area contributed by atoms with E-state index in [1.807, 2.05) is 54.6 Å². The van der Waals surface area contributed by atoms with Gasteiger partial charge in [-0.3, -0.25) is 9.69 Å². The number of aromatic nitrogens is 1. The fourth-order valence-electron chi connectivity index (χ4n) is 4.34. The molecule has 1 atom stereocenters. The van der Waals surface area contributed by atoms with Crippen LogP contribution in [0, 0.1) is 13.8 Å². The summed E-state index contributed by atoms with van der Waals surface area (Å²) < 4.78 is 36.5. The molecule has 3 heterocycles. The molecule has 1 aromatic heterocycles. The molecule has 156 valence electrons. The zero-order chi connectivity index (χ0) is 20.8. The number of likely N-dealkylation sites (N-methyl/N-ethyl adjacent to an activating group) is 1. The van der Waals surface area contributed by atoms with Crippen molar-refractivity contribution in [3.63, 3.8) is 0 Å². The van der Waals surface area contributed by atoms with Gasteiger partial charge in [-0.15, -0.1) is 0 Å². The van der Waals surface area contributed by atoms with Gasteiger partial charge in [0, 0.05) is 29.5 Å². The predicted molar refractivity (Wildman–Crippen MR) is 109 cm³/mol. The van der Waals surface area contributed by atoms with Gasteiger partial charge in [0.05, 0.1) is 18.1 Å². The van der Waals surface area contributed by atoms with Gasteiger partial charge in [0.1, 0.15) is 0 Å². The van der Waals surface area contributed by atoms with E-state index in [0.29, 0.717) is 18.5 Å². The lowest BCUT2D eigenvalue weighted by Crippen LogP contribution is -2.26. The van der Waals surface area contributed by atoms with Crippen LogP contribution in [0.2, 0.25) is 0 Å². The van der Waals surface area contributed by atoms with Crippen LogP contribution in [-0.4, -0.2) is 55.6 Å². The molecule has 0 bridgehead atoms. The van der Waals surface area contributed by atoms with Crippen molar-refractivity contribution in [1.29, 1.82) is 0 Å². The van der Waals surface area contributed by atoms with Crippen molar-refractivity contribution < 1.29 is 22.7 Å². The topological polar surface area (TPSA) is 77.8 Å². The fourth-order valence-corrected chi connectivity index (χ4v) is 6.04. The summed E-state index contributed by atoms with van der Waals surface area (Å²) in [4.78, 5) is 14.9. The molecule has 0 aliphatic carbocycles. The average Bonchev–Trinajstić information content (AvgIpc) is 3.31. The van der Waals surface area contributed by atoms with Crippen molar-refractivity contribution in [2.24, 2.45) is 0 Å². The second-order valence-electron chi connectivity index (χ2n) is 7.99.